The highest BCUT2D eigenvalue weighted by atomic mass is 19.1. The van der Waals surface area contributed by atoms with Crippen LogP contribution in [0.25, 0.3) is 0 Å². The van der Waals surface area contributed by atoms with Gasteiger partial charge in [-0.3, -0.25) is 0 Å². The summed E-state index contributed by atoms with van der Waals surface area (Å²) in [6, 6.07) is 4.28. The normalized spacial score (nSPS) is 21.8. The molecule has 2 rings (SSSR count). The fourth-order valence-corrected chi connectivity index (χ4v) is 2.61. The Hall–Kier alpha value is -1.58. The molecule has 1 aromatic carbocycles. The lowest BCUT2D eigenvalue weighted by Crippen LogP contribution is -2.20. The molecule has 1 aliphatic carbocycles. The summed E-state index contributed by atoms with van der Waals surface area (Å²) in [6.45, 7) is 4.35. The van der Waals surface area contributed by atoms with E-state index in [1.165, 1.54) is 18.2 Å². The fourth-order valence-electron chi connectivity index (χ4n) is 2.61. The molecule has 0 aliphatic heterocycles. The largest absolute Gasteiger partial charge is 0.478 e. The molecule has 0 saturated heterocycles. The number of anilines is 1. The molecule has 98 valence electrons. The van der Waals surface area contributed by atoms with Gasteiger partial charge in [-0.25, -0.2) is 9.18 Å². The van der Waals surface area contributed by atoms with Crippen molar-refractivity contribution in [3.05, 3.63) is 29.6 Å². The van der Waals surface area contributed by atoms with Crippen molar-refractivity contribution in [2.24, 2.45) is 5.41 Å². The molecule has 1 fully saturated rings. The first-order valence-corrected chi connectivity index (χ1v) is 6.17. The Kier molecular flexibility index (Phi) is 3.28. The molecule has 4 heteroatoms. The first-order valence-electron chi connectivity index (χ1n) is 6.17. The highest BCUT2D eigenvalue weighted by Crippen LogP contribution is 2.38. The molecule has 3 nitrogen and oxygen atoms in total. The van der Waals surface area contributed by atoms with Crippen molar-refractivity contribution in [1.29, 1.82) is 0 Å². The van der Waals surface area contributed by atoms with Crippen molar-refractivity contribution >= 4 is 11.7 Å². The van der Waals surface area contributed by atoms with Crippen LogP contribution in [0.5, 0.6) is 0 Å². The van der Waals surface area contributed by atoms with E-state index >= 15 is 0 Å². The van der Waals surface area contributed by atoms with Gasteiger partial charge in [-0.05, 0) is 36.8 Å². The zero-order valence-electron chi connectivity index (χ0n) is 10.7. The van der Waals surface area contributed by atoms with Crippen molar-refractivity contribution in [3.63, 3.8) is 0 Å². The van der Waals surface area contributed by atoms with Gasteiger partial charge in [0.2, 0.25) is 0 Å². The third-order valence-corrected chi connectivity index (χ3v) is 3.56. The molecule has 0 spiro atoms. The summed E-state index contributed by atoms with van der Waals surface area (Å²) in [7, 11) is 0. The van der Waals surface area contributed by atoms with Gasteiger partial charge < -0.3 is 10.4 Å². The number of rotatable bonds is 3. The molecule has 0 amide bonds. The van der Waals surface area contributed by atoms with Crippen molar-refractivity contribution in [3.8, 4) is 0 Å². The zero-order valence-corrected chi connectivity index (χ0v) is 10.7. The number of hydrogen-bond acceptors (Lipinski definition) is 2. The third-order valence-electron chi connectivity index (χ3n) is 3.56. The molecule has 0 heterocycles. The van der Waals surface area contributed by atoms with Crippen LogP contribution in [0.2, 0.25) is 0 Å². The number of para-hydroxylation sites is 1. The number of nitrogens with one attached hydrogen (secondary N) is 1. The van der Waals surface area contributed by atoms with Crippen LogP contribution in [0.4, 0.5) is 10.1 Å². The molecule has 1 unspecified atom stereocenters. The number of benzene rings is 1. The molecule has 1 aromatic rings. The number of halogens is 1. The van der Waals surface area contributed by atoms with Crippen LogP contribution in [0.1, 0.15) is 43.5 Å². The summed E-state index contributed by atoms with van der Waals surface area (Å²) in [4.78, 5) is 11.1. The molecule has 1 aliphatic rings. The Morgan fingerprint density at radius 1 is 1.50 bits per heavy atom. The van der Waals surface area contributed by atoms with Gasteiger partial charge in [0.05, 0.1) is 11.3 Å². The highest BCUT2D eigenvalue weighted by Gasteiger charge is 2.31. The van der Waals surface area contributed by atoms with Crippen LogP contribution in [0.15, 0.2) is 18.2 Å². The molecular formula is C14H18FNO2. The quantitative estimate of drug-likeness (QED) is 0.864. The lowest BCUT2D eigenvalue weighted by atomic mass is 9.92. The van der Waals surface area contributed by atoms with E-state index in [0.717, 1.165) is 19.3 Å². The smallest absolute Gasteiger partial charge is 0.337 e. The molecule has 1 saturated carbocycles. The average Bonchev–Trinajstić information content (AvgIpc) is 2.61. The standard InChI is InChI=1S/C14H18FNO2/c1-14(2)7-6-9(8-14)16-12-10(13(17)18)4-3-5-11(12)15/h3-5,9,16H,6-8H2,1-2H3,(H,17,18). The van der Waals surface area contributed by atoms with E-state index in [1.807, 2.05) is 0 Å². The molecule has 1 atom stereocenters. The molecular weight excluding hydrogens is 233 g/mol. The highest BCUT2D eigenvalue weighted by molar-refractivity contribution is 5.94. The van der Waals surface area contributed by atoms with Crippen LogP contribution in [0.3, 0.4) is 0 Å². The van der Waals surface area contributed by atoms with E-state index in [0.29, 0.717) is 0 Å². The summed E-state index contributed by atoms with van der Waals surface area (Å²) < 4.78 is 13.7. The second-order valence-corrected chi connectivity index (χ2v) is 5.72. The van der Waals surface area contributed by atoms with Crippen molar-refractivity contribution < 1.29 is 14.3 Å². The number of carboxylic acid groups (broad SMARTS) is 1. The van der Waals surface area contributed by atoms with Gasteiger partial charge in [0.25, 0.3) is 0 Å². The monoisotopic (exact) mass is 251 g/mol. The van der Waals surface area contributed by atoms with Crippen LogP contribution in [-0.4, -0.2) is 17.1 Å². The lowest BCUT2D eigenvalue weighted by Gasteiger charge is -2.19. The maximum absolute atomic E-state index is 13.7. The molecule has 0 radical (unpaired) electrons. The SMILES string of the molecule is CC1(C)CCC(Nc2c(F)cccc2C(=O)O)C1. The minimum atomic E-state index is -1.10. The Labute approximate surface area is 106 Å². The summed E-state index contributed by atoms with van der Waals surface area (Å²) in [6.07, 6.45) is 2.95. The van der Waals surface area contributed by atoms with Gasteiger partial charge in [0, 0.05) is 6.04 Å². The van der Waals surface area contributed by atoms with Crippen molar-refractivity contribution in [1.82, 2.24) is 0 Å². The van der Waals surface area contributed by atoms with Gasteiger partial charge in [-0.1, -0.05) is 19.9 Å². The number of carboxylic acids is 1. The Balaban J connectivity index is 2.21. The van der Waals surface area contributed by atoms with Crippen molar-refractivity contribution in [2.75, 3.05) is 5.32 Å². The van der Waals surface area contributed by atoms with Crippen LogP contribution < -0.4 is 5.32 Å². The molecule has 2 N–H and O–H groups in total. The summed E-state index contributed by atoms with van der Waals surface area (Å²) in [5.41, 5.74) is 0.360. The summed E-state index contributed by atoms with van der Waals surface area (Å²) in [5.74, 6) is -1.60. The minimum absolute atomic E-state index is 0.000272. The van der Waals surface area contributed by atoms with Gasteiger partial charge in [0.15, 0.2) is 0 Å². The number of aromatic carboxylic acids is 1. The van der Waals surface area contributed by atoms with Gasteiger partial charge >= 0.3 is 5.97 Å². The lowest BCUT2D eigenvalue weighted by molar-refractivity contribution is 0.0697. The van der Waals surface area contributed by atoms with E-state index in [9.17, 15) is 9.18 Å². The average molecular weight is 251 g/mol. The molecule has 18 heavy (non-hydrogen) atoms. The van der Waals surface area contributed by atoms with E-state index < -0.39 is 11.8 Å². The summed E-state index contributed by atoms with van der Waals surface area (Å²) >= 11 is 0. The zero-order chi connectivity index (χ0) is 13.3. The fraction of sp³-hybridized carbons (Fsp3) is 0.500. The Morgan fingerprint density at radius 2 is 2.22 bits per heavy atom. The number of carbonyl (C=O) groups is 1. The van der Waals surface area contributed by atoms with Gasteiger partial charge in [0.1, 0.15) is 5.82 Å². The predicted molar refractivity (Wildman–Crippen MR) is 68.4 cm³/mol. The van der Waals surface area contributed by atoms with Gasteiger partial charge in [-0.15, -0.1) is 0 Å². The number of hydrogen-bond donors (Lipinski definition) is 2. The van der Waals surface area contributed by atoms with Crippen LogP contribution in [0, 0.1) is 11.2 Å². The van der Waals surface area contributed by atoms with Crippen LogP contribution >= 0.6 is 0 Å². The minimum Gasteiger partial charge on any atom is -0.478 e. The summed E-state index contributed by atoms with van der Waals surface area (Å²) in [5, 5.41) is 12.1. The first kappa shape index (κ1) is 12.9. The van der Waals surface area contributed by atoms with E-state index in [2.05, 4.69) is 19.2 Å². The van der Waals surface area contributed by atoms with E-state index in [-0.39, 0.29) is 22.7 Å². The van der Waals surface area contributed by atoms with E-state index in [4.69, 9.17) is 5.11 Å². The predicted octanol–water partition coefficient (Wildman–Crippen LogP) is 3.51. The second-order valence-electron chi connectivity index (χ2n) is 5.72. The first-order chi connectivity index (χ1) is 8.39. The van der Waals surface area contributed by atoms with Crippen molar-refractivity contribution in [2.45, 2.75) is 39.2 Å². The second kappa shape index (κ2) is 4.59. The maximum atomic E-state index is 13.7. The van der Waals surface area contributed by atoms with E-state index in [1.54, 1.807) is 0 Å². The molecule has 0 aromatic heterocycles. The van der Waals surface area contributed by atoms with Gasteiger partial charge in [-0.2, -0.15) is 0 Å². The Morgan fingerprint density at radius 3 is 2.78 bits per heavy atom. The molecule has 0 bridgehead atoms. The third kappa shape index (κ3) is 2.63. The van der Waals surface area contributed by atoms with Crippen LogP contribution in [-0.2, 0) is 0 Å². The maximum Gasteiger partial charge on any atom is 0.337 e. The Bertz CT molecular complexity index is 471. The topological polar surface area (TPSA) is 49.3 Å².